The highest BCUT2D eigenvalue weighted by molar-refractivity contribution is 7.92. The van der Waals surface area contributed by atoms with Crippen molar-refractivity contribution >= 4 is 15.7 Å². The fourth-order valence-corrected chi connectivity index (χ4v) is 2.47. The Bertz CT molecular complexity index is 261. The minimum Gasteiger partial charge on any atom is -0.480 e. The number of hydrogen-bond donors (Lipinski definition) is 3. The largest absolute Gasteiger partial charge is 0.480 e. The fourth-order valence-electron chi connectivity index (χ4n) is 0.822. The first-order chi connectivity index (χ1) is 5.89. The van der Waals surface area contributed by atoms with Crippen LogP contribution >= 0.6 is 0 Å². The molecule has 0 heterocycles. The Balaban J connectivity index is 4.10. The number of carbonyl (C=O) groups is 1. The zero-order chi connectivity index (χ0) is 10.5. The van der Waals surface area contributed by atoms with Crippen LogP contribution in [0.5, 0.6) is 0 Å². The molecule has 0 amide bonds. The highest BCUT2D eigenvalue weighted by Gasteiger charge is 2.17. The van der Waals surface area contributed by atoms with Crippen molar-refractivity contribution in [3.63, 3.8) is 0 Å². The monoisotopic (exact) mass is 208 g/mol. The molecule has 4 N–H and O–H groups in total. The Kier molecular flexibility index (Phi) is 4.94. The van der Waals surface area contributed by atoms with Gasteiger partial charge in [0.2, 0.25) is 0 Å². The Labute approximate surface area is 78.3 Å². The lowest BCUT2D eigenvalue weighted by atomic mass is 10.4. The predicted molar refractivity (Wildman–Crippen MR) is 51.1 cm³/mol. The number of carboxylic acid groups (broad SMARTS) is 1. The molecule has 0 fully saturated rings. The van der Waals surface area contributed by atoms with Gasteiger partial charge in [0, 0.05) is 15.5 Å². The number of aliphatic carboxylic acids is 1. The number of unbranched alkanes of at least 4 members (excludes halogenated alkanes) is 1. The van der Waals surface area contributed by atoms with Gasteiger partial charge in [-0.3, -0.25) is 9.57 Å². The second kappa shape index (κ2) is 5.18. The summed E-state index contributed by atoms with van der Waals surface area (Å²) in [6, 6.07) is -1.18. The summed E-state index contributed by atoms with van der Waals surface area (Å²) in [5, 5.41) is 8.44. The van der Waals surface area contributed by atoms with Crippen molar-refractivity contribution in [2.75, 3.05) is 11.5 Å². The minimum absolute atomic E-state index is 0.241. The summed E-state index contributed by atoms with van der Waals surface area (Å²) in [5.41, 5.74) is 5.18. The molecular weight excluding hydrogens is 192 g/mol. The molecule has 2 atom stereocenters. The van der Waals surface area contributed by atoms with E-state index in [1.165, 1.54) is 0 Å². The van der Waals surface area contributed by atoms with Crippen LogP contribution in [0.4, 0.5) is 0 Å². The molecule has 0 saturated carbocycles. The highest BCUT2D eigenvalue weighted by atomic mass is 32.2. The van der Waals surface area contributed by atoms with E-state index < -0.39 is 21.7 Å². The van der Waals surface area contributed by atoms with Crippen molar-refractivity contribution in [2.45, 2.75) is 25.8 Å². The van der Waals surface area contributed by atoms with Crippen LogP contribution < -0.4 is 5.73 Å². The van der Waals surface area contributed by atoms with Gasteiger partial charge in [-0.2, -0.15) is 0 Å². The van der Waals surface area contributed by atoms with Crippen molar-refractivity contribution in [3.8, 4) is 0 Å². The molecule has 5 nitrogen and oxygen atoms in total. The van der Waals surface area contributed by atoms with Crippen LogP contribution in [-0.4, -0.2) is 32.8 Å². The SMILES string of the molecule is CCCCS(=N)(=O)CC(N)C(=O)O. The first-order valence-corrected chi connectivity index (χ1v) is 6.01. The van der Waals surface area contributed by atoms with Gasteiger partial charge in [0.05, 0.1) is 5.75 Å². The van der Waals surface area contributed by atoms with Crippen LogP contribution in [0.1, 0.15) is 19.8 Å². The molecule has 0 aromatic rings. The number of hydrogen-bond acceptors (Lipinski definition) is 4. The van der Waals surface area contributed by atoms with Crippen molar-refractivity contribution < 1.29 is 14.1 Å². The maximum atomic E-state index is 11.4. The Morgan fingerprint density at radius 1 is 1.69 bits per heavy atom. The molecule has 0 aliphatic carbocycles. The van der Waals surface area contributed by atoms with E-state index in [0.717, 1.165) is 6.42 Å². The third-order valence-electron chi connectivity index (χ3n) is 1.59. The van der Waals surface area contributed by atoms with Crippen LogP contribution in [0.3, 0.4) is 0 Å². The molecule has 0 saturated heterocycles. The van der Waals surface area contributed by atoms with Crippen LogP contribution in [0.15, 0.2) is 0 Å². The van der Waals surface area contributed by atoms with Crippen LogP contribution in [0.2, 0.25) is 0 Å². The average Bonchev–Trinajstić information content (AvgIpc) is 2.00. The normalized spacial score (nSPS) is 17.7. The zero-order valence-corrected chi connectivity index (χ0v) is 8.47. The van der Waals surface area contributed by atoms with Crippen molar-refractivity contribution in [1.29, 1.82) is 4.78 Å². The zero-order valence-electron chi connectivity index (χ0n) is 7.66. The molecule has 0 spiro atoms. The van der Waals surface area contributed by atoms with Gasteiger partial charge in [0.1, 0.15) is 6.04 Å². The van der Waals surface area contributed by atoms with Crippen LogP contribution in [0, 0.1) is 4.78 Å². The lowest BCUT2D eigenvalue weighted by molar-refractivity contribution is -0.137. The van der Waals surface area contributed by atoms with E-state index in [1.54, 1.807) is 0 Å². The summed E-state index contributed by atoms with van der Waals surface area (Å²) in [5.74, 6) is -1.20. The first kappa shape index (κ1) is 12.4. The van der Waals surface area contributed by atoms with Crippen LogP contribution in [-0.2, 0) is 14.5 Å². The quantitative estimate of drug-likeness (QED) is 0.581. The molecule has 2 unspecified atom stereocenters. The summed E-state index contributed by atoms with van der Waals surface area (Å²) < 4.78 is 18.7. The molecular formula is C7H16N2O3S. The predicted octanol–water partition coefficient (Wildman–Crippen LogP) is 0.245. The second-order valence-corrected chi connectivity index (χ2v) is 5.35. The second-order valence-electron chi connectivity index (χ2n) is 2.98. The summed E-state index contributed by atoms with van der Waals surface area (Å²) in [7, 11) is -2.79. The Hall–Kier alpha value is -0.620. The van der Waals surface area contributed by atoms with Gasteiger partial charge in [-0.25, -0.2) is 4.21 Å². The third kappa shape index (κ3) is 5.59. The van der Waals surface area contributed by atoms with Gasteiger partial charge in [0.25, 0.3) is 0 Å². The third-order valence-corrected chi connectivity index (χ3v) is 3.44. The molecule has 0 aromatic heterocycles. The standard InChI is InChI=1S/C7H16N2O3S/c1-2-3-4-13(9,12)5-6(8)7(10)11/h6,9H,2-5,8H2,1H3,(H,10,11). The van der Waals surface area contributed by atoms with E-state index in [2.05, 4.69) is 0 Å². The molecule has 0 rings (SSSR count). The number of rotatable bonds is 6. The molecule has 0 aromatic carbocycles. The van der Waals surface area contributed by atoms with Crippen LogP contribution in [0.25, 0.3) is 0 Å². The van der Waals surface area contributed by atoms with E-state index >= 15 is 0 Å². The smallest absolute Gasteiger partial charge is 0.321 e. The van der Waals surface area contributed by atoms with Crippen molar-refractivity contribution in [2.24, 2.45) is 5.73 Å². The van der Waals surface area contributed by atoms with Crippen molar-refractivity contribution in [1.82, 2.24) is 0 Å². The van der Waals surface area contributed by atoms with Gasteiger partial charge in [-0.05, 0) is 6.42 Å². The van der Waals surface area contributed by atoms with Gasteiger partial charge in [0.15, 0.2) is 0 Å². The van der Waals surface area contributed by atoms with E-state index in [1.807, 2.05) is 6.92 Å². The molecule has 0 bridgehead atoms. The van der Waals surface area contributed by atoms with E-state index in [0.29, 0.717) is 6.42 Å². The number of carboxylic acids is 1. The first-order valence-electron chi connectivity index (χ1n) is 4.11. The maximum absolute atomic E-state index is 11.4. The topological polar surface area (TPSA) is 104 Å². The van der Waals surface area contributed by atoms with E-state index in [9.17, 15) is 9.00 Å². The Morgan fingerprint density at radius 3 is 2.62 bits per heavy atom. The van der Waals surface area contributed by atoms with E-state index in [-0.39, 0.29) is 11.5 Å². The van der Waals surface area contributed by atoms with Crippen molar-refractivity contribution in [3.05, 3.63) is 0 Å². The molecule has 0 aliphatic rings. The number of nitrogens with two attached hydrogens (primary N) is 1. The van der Waals surface area contributed by atoms with Gasteiger partial charge in [-0.1, -0.05) is 13.3 Å². The van der Waals surface area contributed by atoms with E-state index in [4.69, 9.17) is 15.6 Å². The fraction of sp³-hybridized carbons (Fsp3) is 0.857. The van der Waals surface area contributed by atoms with Gasteiger partial charge in [-0.15, -0.1) is 0 Å². The van der Waals surface area contributed by atoms with Gasteiger partial charge >= 0.3 is 5.97 Å². The molecule has 13 heavy (non-hydrogen) atoms. The molecule has 78 valence electrons. The summed E-state index contributed by atoms with van der Waals surface area (Å²) >= 11 is 0. The summed E-state index contributed by atoms with van der Waals surface area (Å²) in [4.78, 5) is 10.3. The van der Waals surface area contributed by atoms with Gasteiger partial charge < -0.3 is 10.8 Å². The lowest BCUT2D eigenvalue weighted by Crippen LogP contribution is -2.37. The molecule has 6 heteroatoms. The minimum atomic E-state index is -2.79. The Morgan fingerprint density at radius 2 is 2.23 bits per heavy atom. The molecule has 0 aliphatic heterocycles. The number of nitrogens with one attached hydrogen (secondary N) is 1. The summed E-state index contributed by atoms with van der Waals surface area (Å²) in [6.07, 6.45) is 1.52. The highest BCUT2D eigenvalue weighted by Crippen LogP contribution is 2.00. The maximum Gasteiger partial charge on any atom is 0.321 e. The lowest BCUT2D eigenvalue weighted by Gasteiger charge is -2.09. The average molecular weight is 208 g/mol. The summed E-state index contributed by atoms with van der Waals surface area (Å²) in [6.45, 7) is 1.92. The molecule has 0 radical (unpaired) electrons.